The standard InChI is InChI=1S/C15H21N3/c1-13-15(12-18(2)17-13)16-11-7-6-10-14-8-4-3-5-9-14/h3-5,8-9,12,16H,6-7,10-11H2,1-2H3. The van der Waals surface area contributed by atoms with E-state index in [1.807, 2.05) is 24.9 Å². The van der Waals surface area contributed by atoms with Crippen LogP contribution in [-0.2, 0) is 13.5 Å². The highest BCUT2D eigenvalue weighted by Gasteiger charge is 2.01. The van der Waals surface area contributed by atoms with Gasteiger partial charge in [-0.05, 0) is 31.7 Å². The molecule has 3 nitrogen and oxygen atoms in total. The van der Waals surface area contributed by atoms with E-state index in [9.17, 15) is 0 Å². The lowest BCUT2D eigenvalue weighted by Crippen LogP contribution is -2.02. The Balaban J connectivity index is 1.66. The molecule has 0 saturated carbocycles. The Morgan fingerprint density at radius 1 is 1.17 bits per heavy atom. The summed E-state index contributed by atoms with van der Waals surface area (Å²) >= 11 is 0. The zero-order valence-electron chi connectivity index (χ0n) is 11.2. The van der Waals surface area contributed by atoms with E-state index in [1.54, 1.807) is 0 Å². The van der Waals surface area contributed by atoms with Crippen molar-refractivity contribution < 1.29 is 0 Å². The SMILES string of the molecule is Cc1nn(C)cc1NCCCCc1ccccc1. The summed E-state index contributed by atoms with van der Waals surface area (Å²) in [6.07, 6.45) is 5.60. The molecule has 0 aliphatic heterocycles. The van der Waals surface area contributed by atoms with Crippen LogP contribution in [0.5, 0.6) is 0 Å². The predicted molar refractivity (Wildman–Crippen MR) is 75.8 cm³/mol. The number of aromatic nitrogens is 2. The van der Waals surface area contributed by atoms with Gasteiger partial charge in [-0.1, -0.05) is 30.3 Å². The van der Waals surface area contributed by atoms with Crippen LogP contribution in [0.4, 0.5) is 5.69 Å². The van der Waals surface area contributed by atoms with Gasteiger partial charge in [0.25, 0.3) is 0 Å². The van der Waals surface area contributed by atoms with E-state index in [0.29, 0.717) is 0 Å². The minimum atomic E-state index is 1.01. The highest BCUT2D eigenvalue weighted by molar-refractivity contribution is 5.45. The van der Waals surface area contributed by atoms with Gasteiger partial charge in [0, 0.05) is 19.8 Å². The Kier molecular flexibility index (Phi) is 4.40. The third-order valence-corrected chi connectivity index (χ3v) is 3.06. The van der Waals surface area contributed by atoms with Crippen molar-refractivity contribution in [1.82, 2.24) is 9.78 Å². The Morgan fingerprint density at radius 3 is 2.61 bits per heavy atom. The third-order valence-electron chi connectivity index (χ3n) is 3.06. The summed E-state index contributed by atoms with van der Waals surface area (Å²) in [7, 11) is 1.95. The van der Waals surface area contributed by atoms with Crippen molar-refractivity contribution >= 4 is 5.69 Å². The van der Waals surface area contributed by atoms with Gasteiger partial charge in [-0.3, -0.25) is 4.68 Å². The molecule has 1 aromatic carbocycles. The maximum absolute atomic E-state index is 4.31. The molecule has 0 radical (unpaired) electrons. The lowest BCUT2D eigenvalue weighted by Gasteiger charge is -2.04. The van der Waals surface area contributed by atoms with Gasteiger partial charge in [-0.25, -0.2) is 0 Å². The minimum absolute atomic E-state index is 1.01. The molecule has 0 saturated heterocycles. The first-order valence-corrected chi connectivity index (χ1v) is 6.54. The average molecular weight is 243 g/mol. The first-order chi connectivity index (χ1) is 8.75. The van der Waals surface area contributed by atoms with Gasteiger partial charge >= 0.3 is 0 Å². The first kappa shape index (κ1) is 12.7. The Hall–Kier alpha value is -1.77. The predicted octanol–water partition coefficient (Wildman–Crippen LogP) is 3.16. The van der Waals surface area contributed by atoms with Gasteiger partial charge in [-0.15, -0.1) is 0 Å². The molecule has 1 aromatic heterocycles. The van der Waals surface area contributed by atoms with Crippen molar-refractivity contribution in [2.24, 2.45) is 7.05 Å². The lowest BCUT2D eigenvalue weighted by molar-refractivity contribution is 0.756. The quantitative estimate of drug-likeness (QED) is 0.790. The van der Waals surface area contributed by atoms with Crippen molar-refractivity contribution in [1.29, 1.82) is 0 Å². The summed E-state index contributed by atoms with van der Waals surface area (Å²) in [4.78, 5) is 0. The second-order valence-electron chi connectivity index (χ2n) is 4.67. The summed E-state index contributed by atoms with van der Waals surface area (Å²) in [6, 6.07) is 10.7. The van der Waals surface area contributed by atoms with Crippen molar-refractivity contribution in [3.8, 4) is 0 Å². The number of rotatable bonds is 6. The van der Waals surface area contributed by atoms with E-state index in [4.69, 9.17) is 0 Å². The van der Waals surface area contributed by atoms with E-state index in [-0.39, 0.29) is 0 Å². The monoisotopic (exact) mass is 243 g/mol. The lowest BCUT2D eigenvalue weighted by atomic mass is 10.1. The Bertz CT molecular complexity index is 474. The fourth-order valence-corrected chi connectivity index (χ4v) is 2.10. The van der Waals surface area contributed by atoms with Crippen molar-refractivity contribution in [3.05, 3.63) is 47.8 Å². The highest BCUT2D eigenvalue weighted by atomic mass is 15.3. The van der Waals surface area contributed by atoms with Crippen LogP contribution >= 0.6 is 0 Å². The molecule has 3 heteroatoms. The van der Waals surface area contributed by atoms with Gasteiger partial charge in [0.15, 0.2) is 0 Å². The fourth-order valence-electron chi connectivity index (χ4n) is 2.10. The van der Waals surface area contributed by atoms with Crippen LogP contribution in [0, 0.1) is 6.92 Å². The normalized spacial score (nSPS) is 10.6. The molecule has 1 heterocycles. The van der Waals surface area contributed by atoms with E-state index in [2.05, 4.69) is 40.7 Å². The second-order valence-corrected chi connectivity index (χ2v) is 4.67. The van der Waals surface area contributed by atoms with E-state index >= 15 is 0 Å². The summed E-state index contributed by atoms with van der Waals surface area (Å²) in [5, 5.41) is 7.75. The van der Waals surface area contributed by atoms with Gasteiger partial charge in [0.05, 0.1) is 11.4 Å². The summed E-state index contributed by atoms with van der Waals surface area (Å²) in [5.74, 6) is 0. The van der Waals surface area contributed by atoms with Crippen LogP contribution in [0.3, 0.4) is 0 Å². The molecule has 0 aliphatic rings. The molecular weight excluding hydrogens is 222 g/mol. The number of hydrogen-bond donors (Lipinski definition) is 1. The molecule has 0 spiro atoms. The number of anilines is 1. The number of benzene rings is 1. The summed E-state index contributed by atoms with van der Waals surface area (Å²) in [5.41, 5.74) is 3.65. The van der Waals surface area contributed by atoms with Gasteiger partial charge in [0.1, 0.15) is 0 Å². The topological polar surface area (TPSA) is 29.9 Å². The number of nitrogens with zero attached hydrogens (tertiary/aromatic N) is 2. The van der Waals surface area contributed by atoms with Gasteiger partial charge < -0.3 is 5.32 Å². The first-order valence-electron chi connectivity index (χ1n) is 6.54. The number of aryl methyl sites for hydroxylation is 3. The zero-order valence-corrected chi connectivity index (χ0v) is 11.2. The van der Waals surface area contributed by atoms with Crippen molar-refractivity contribution in [2.45, 2.75) is 26.2 Å². The molecular formula is C15H21N3. The molecule has 1 N–H and O–H groups in total. The molecule has 2 rings (SSSR count). The van der Waals surface area contributed by atoms with E-state index < -0.39 is 0 Å². The van der Waals surface area contributed by atoms with Crippen LogP contribution < -0.4 is 5.32 Å². The molecule has 0 fully saturated rings. The largest absolute Gasteiger partial charge is 0.382 e. The Labute approximate surface area is 109 Å². The van der Waals surface area contributed by atoms with Crippen LogP contribution in [0.15, 0.2) is 36.5 Å². The molecule has 0 atom stereocenters. The molecule has 0 unspecified atom stereocenters. The van der Waals surface area contributed by atoms with Crippen molar-refractivity contribution in [2.75, 3.05) is 11.9 Å². The third kappa shape index (κ3) is 3.62. The zero-order chi connectivity index (χ0) is 12.8. The van der Waals surface area contributed by atoms with Gasteiger partial charge in [0.2, 0.25) is 0 Å². The molecule has 2 aromatic rings. The summed E-state index contributed by atoms with van der Waals surface area (Å²) < 4.78 is 1.85. The minimum Gasteiger partial charge on any atom is -0.382 e. The molecule has 18 heavy (non-hydrogen) atoms. The smallest absolute Gasteiger partial charge is 0.0824 e. The van der Waals surface area contributed by atoms with Crippen LogP contribution in [0.1, 0.15) is 24.1 Å². The number of hydrogen-bond acceptors (Lipinski definition) is 2. The summed E-state index contributed by atoms with van der Waals surface area (Å²) in [6.45, 7) is 3.05. The maximum Gasteiger partial charge on any atom is 0.0824 e. The molecule has 0 bridgehead atoms. The molecule has 96 valence electrons. The number of unbranched alkanes of at least 4 members (excludes halogenated alkanes) is 1. The van der Waals surface area contributed by atoms with Crippen molar-refractivity contribution in [3.63, 3.8) is 0 Å². The molecule has 0 aliphatic carbocycles. The van der Waals surface area contributed by atoms with Crippen LogP contribution in [0.2, 0.25) is 0 Å². The Morgan fingerprint density at radius 2 is 1.94 bits per heavy atom. The van der Waals surface area contributed by atoms with Crippen LogP contribution in [0.25, 0.3) is 0 Å². The second kappa shape index (κ2) is 6.24. The van der Waals surface area contributed by atoms with E-state index in [0.717, 1.165) is 24.3 Å². The number of nitrogens with one attached hydrogen (secondary N) is 1. The highest BCUT2D eigenvalue weighted by Crippen LogP contribution is 2.11. The molecule has 0 amide bonds. The average Bonchev–Trinajstić information content (AvgIpc) is 2.69. The van der Waals surface area contributed by atoms with Gasteiger partial charge in [-0.2, -0.15) is 5.10 Å². The maximum atomic E-state index is 4.31. The van der Waals surface area contributed by atoms with E-state index in [1.165, 1.54) is 18.4 Å². The fraction of sp³-hybridized carbons (Fsp3) is 0.400. The van der Waals surface area contributed by atoms with Crippen LogP contribution in [-0.4, -0.2) is 16.3 Å².